The van der Waals surface area contributed by atoms with E-state index in [1.54, 1.807) is 6.07 Å². The van der Waals surface area contributed by atoms with Crippen LogP contribution in [0.4, 0.5) is 0 Å². The van der Waals surface area contributed by atoms with E-state index in [-0.39, 0.29) is 11.8 Å². The first kappa shape index (κ1) is 13.5. The lowest BCUT2D eigenvalue weighted by Gasteiger charge is -2.11. The van der Waals surface area contributed by atoms with Gasteiger partial charge in [-0.2, -0.15) is 5.10 Å². The van der Waals surface area contributed by atoms with Gasteiger partial charge in [0, 0.05) is 16.1 Å². The molecule has 3 rings (SSSR count). The fraction of sp³-hybridized carbons (Fsp3) is 0.286. The zero-order valence-corrected chi connectivity index (χ0v) is 12.2. The van der Waals surface area contributed by atoms with E-state index in [1.165, 1.54) is 10.7 Å². The molecule has 0 radical (unpaired) electrons. The molecule has 1 aliphatic heterocycles. The van der Waals surface area contributed by atoms with Crippen LogP contribution in [0.2, 0.25) is 0 Å². The second-order valence-corrected chi connectivity index (χ2v) is 5.33. The van der Waals surface area contributed by atoms with Crippen molar-refractivity contribution in [2.45, 2.75) is 12.8 Å². The topological polar surface area (TPSA) is 53.4 Å². The van der Waals surface area contributed by atoms with Crippen LogP contribution in [0.1, 0.15) is 0 Å². The van der Waals surface area contributed by atoms with E-state index >= 15 is 0 Å². The van der Waals surface area contributed by atoms with Crippen LogP contribution in [0.3, 0.4) is 0 Å². The molecule has 1 aromatic heterocycles. The van der Waals surface area contributed by atoms with Gasteiger partial charge < -0.3 is 9.47 Å². The predicted molar refractivity (Wildman–Crippen MR) is 77.3 cm³/mol. The molecule has 1 saturated heterocycles. The van der Waals surface area contributed by atoms with Crippen LogP contribution in [0.15, 0.2) is 45.7 Å². The summed E-state index contributed by atoms with van der Waals surface area (Å²) in [7, 11) is 0. The normalized spacial score (nSPS) is 15.7. The second kappa shape index (κ2) is 5.87. The molecular formula is C14H13BrN2O3. The maximum Gasteiger partial charge on any atom is 0.266 e. The van der Waals surface area contributed by atoms with E-state index < -0.39 is 0 Å². The van der Waals surface area contributed by atoms with Crippen molar-refractivity contribution in [1.82, 2.24) is 9.78 Å². The number of ether oxygens (including phenoxy) is 2. The number of hydrogen-bond donors (Lipinski definition) is 0. The highest BCUT2D eigenvalue weighted by atomic mass is 79.9. The lowest BCUT2D eigenvalue weighted by Crippen LogP contribution is -2.29. The summed E-state index contributed by atoms with van der Waals surface area (Å²) in [6.07, 6.45) is -0.389. The minimum atomic E-state index is -0.389. The third-order valence-corrected chi connectivity index (χ3v) is 3.55. The van der Waals surface area contributed by atoms with Gasteiger partial charge in [-0.1, -0.05) is 28.1 Å². The Labute approximate surface area is 124 Å². The van der Waals surface area contributed by atoms with Crippen LogP contribution in [0.25, 0.3) is 11.3 Å². The number of aromatic nitrogens is 2. The first-order valence-corrected chi connectivity index (χ1v) is 7.09. The van der Waals surface area contributed by atoms with Gasteiger partial charge in [0.25, 0.3) is 5.56 Å². The molecule has 0 aliphatic carbocycles. The van der Waals surface area contributed by atoms with Gasteiger partial charge in [-0.25, -0.2) is 4.68 Å². The maximum absolute atomic E-state index is 11.8. The van der Waals surface area contributed by atoms with Crippen LogP contribution in [0, 0.1) is 0 Å². The number of rotatable bonds is 3. The van der Waals surface area contributed by atoms with E-state index in [0.717, 1.165) is 15.7 Å². The Balaban J connectivity index is 1.89. The van der Waals surface area contributed by atoms with Crippen molar-refractivity contribution >= 4 is 15.9 Å². The van der Waals surface area contributed by atoms with Gasteiger partial charge in [-0.15, -0.1) is 0 Å². The van der Waals surface area contributed by atoms with Crippen LogP contribution < -0.4 is 5.56 Å². The van der Waals surface area contributed by atoms with E-state index in [1.807, 2.05) is 24.3 Å². The quantitative estimate of drug-likeness (QED) is 0.860. The standard InChI is InChI=1S/C14H13BrN2O3/c15-11-3-1-10(2-4-11)12-5-6-13(18)17(16-12)9-14-19-7-8-20-14/h1-6,14H,7-9H2. The molecule has 0 bridgehead atoms. The van der Waals surface area contributed by atoms with Gasteiger partial charge in [0.05, 0.1) is 25.5 Å². The molecule has 0 spiro atoms. The molecule has 0 amide bonds. The zero-order chi connectivity index (χ0) is 13.9. The van der Waals surface area contributed by atoms with Gasteiger partial charge in [-0.3, -0.25) is 4.79 Å². The summed E-state index contributed by atoms with van der Waals surface area (Å²) >= 11 is 3.39. The van der Waals surface area contributed by atoms with Gasteiger partial charge in [0.2, 0.25) is 0 Å². The predicted octanol–water partition coefficient (Wildman–Crippen LogP) is 2.05. The Hall–Kier alpha value is -1.50. The Bertz CT molecular complexity index is 648. The fourth-order valence-electron chi connectivity index (χ4n) is 2.01. The summed E-state index contributed by atoms with van der Waals surface area (Å²) in [6.45, 7) is 1.43. The highest BCUT2D eigenvalue weighted by Gasteiger charge is 2.17. The van der Waals surface area contributed by atoms with E-state index in [9.17, 15) is 4.79 Å². The number of hydrogen-bond acceptors (Lipinski definition) is 4. The molecule has 2 aromatic rings. The summed E-state index contributed by atoms with van der Waals surface area (Å²) in [5, 5.41) is 4.36. The fourth-order valence-corrected chi connectivity index (χ4v) is 2.27. The first-order chi connectivity index (χ1) is 9.72. The molecular weight excluding hydrogens is 324 g/mol. The largest absolute Gasteiger partial charge is 0.348 e. The van der Waals surface area contributed by atoms with Crippen LogP contribution in [0.5, 0.6) is 0 Å². The van der Waals surface area contributed by atoms with Gasteiger partial charge in [0.1, 0.15) is 0 Å². The molecule has 0 saturated carbocycles. The smallest absolute Gasteiger partial charge is 0.266 e. The van der Waals surface area contributed by atoms with Crippen molar-refractivity contribution in [2.75, 3.05) is 13.2 Å². The lowest BCUT2D eigenvalue weighted by molar-refractivity contribution is -0.0553. The number of halogens is 1. The molecule has 2 heterocycles. The van der Waals surface area contributed by atoms with Crippen molar-refractivity contribution in [2.24, 2.45) is 0 Å². The Morgan fingerprint density at radius 3 is 2.55 bits per heavy atom. The van der Waals surface area contributed by atoms with E-state index in [4.69, 9.17) is 9.47 Å². The summed E-state index contributed by atoms with van der Waals surface area (Å²) in [4.78, 5) is 11.8. The number of benzene rings is 1. The minimum Gasteiger partial charge on any atom is -0.348 e. The monoisotopic (exact) mass is 336 g/mol. The summed E-state index contributed by atoms with van der Waals surface area (Å²) in [6, 6.07) is 11.0. The van der Waals surface area contributed by atoms with Crippen molar-refractivity contribution in [3.05, 3.63) is 51.2 Å². The average molecular weight is 337 g/mol. The summed E-state index contributed by atoms with van der Waals surface area (Å²) in [5.41, 5.74) is 1.54. The maximum atomic E-state index is 11.8. The molecule has 0 atom stereocenters. The molecule has 5 nitrogen and oxygen atoms in total. The first-order valence-electron chi connectivity index (χ1n) is 6.30. The molecule has 104 valence electrons. The molecule has 1 fully saturated rings. The minimum absolute atomic E-state index is 0.162. The molecule has 6 heteroatoms. The molecule has 0 N–H and O–H groups in total. The zero-order valence-electron chi connectivity index (χ0n) is 10.7. The van der Waals surface area contributed by atoms with E-state index in [2.05, 4.69) is 21.0 Å². The van der Waals surface area contributed by atoms with Crippen molar-refractivity contribution in [1.29, 1.82) is 0 Å². The van der Waals surface area contributed by atoms with Crippen LogP contribution >= 0.6 is 15.9 Å². The second-order valence-electron chi connectivity index (χ2n) is 4.42. The van der Waals surface area contributed by atoms with Crippen molar-refractivity contribution < 1.29 is 9.47 Å². The summed E-state index contributed by atoms with van der Waals surface area (Å²) < 4.78 is 13.1. The van der Waals surface area contributed by atoms with Gasteiger partial charge >= 0.3 is 0 Å². The van der Waals surface area contributed by atoms with E-state index in [0.29, 0.717) is 19.8 Å². The number of nitrogens with zero attached hydrogens (tertiary/aromatic N) is 2. The highest BCUT2D eigenvalue weighted by molar-refractivity contribution is 9.10. The SMILES string of the molecule is O=c1ccc(-c2ccc(Br)cc2)nn1CC1OCCO1. The summed E-state index contributed by atoms with van der Waals surface area (Å²) in [5.74, 6) is 0. The average Bonchev–Trinajstić information content (AvgIpc) is 2.95. The third-order valence-electron chi connectivity index (χ3n) is 3.02. The Kier molecular flexibility index (Phi) is 3.95. The van der Waals surface area contributed by atoms with Crippen LogP contribution in [-0.2, 0) is 16.0 Å². The molecule has 1 aromatic carbocycles. The lowest BCUT2D eigenvalue weighted by atomic mass is 10.1. The highest BCUT2D eigenvalue weighted by Crippen LogP contribution is 2.19. The molecule has 20 heavy (non-hydrogen) atoms. The van der Waals surface area contributed by atoms with Crippen molar-refractivity contribution in [3.8, 4) is 11.3 Å². The third kappa shape index (κ3) is 2.98. The van der Waals surface area contributed by atoms with Gasteiger partial charge in [-0.05, 0) is 18.2 Å². The molecule has 1 aliphatic rings. The Morgan fingerprint density at radius 2 is 1.85 bits per heavy atom. The Morgan fingerprint density at radius 1 is 1.15 bits per heavy atom. The van der Waals surface area contributed by atoms with Crippen molar-refractivity contribution in [3.63, 3.8) is 0 Å². The van der Waals surface area contributed by atoms with Crippen LogP contribution in [-0.4, -0.2) is 29.3 Å². The van der Waals surface area contributed by atoms with Gasteiger partial charge in [0.15, 0.2) is 6.29 Å². The molecule has 0 unspecified atom stereocenters.